The maximum atomic E-state index is 13.6. The molecule has 1 aliphatic rings. The van der Waals surface area contributed by atoms with Gasteiger partial charge in [0, 0.05) is 33.6 Å². The number of rotatable bonds is 5. The van der Waals surface area contributed by atoms with Crippen molar-refractivity contribution >= 4 is 45.3 Å². The zero-order valence-corrected chi connectivity index (χ0v) is 21.6. The Kier molecular flexibility index (Phi) is 5.72. The quantitative estimate of drug-likeness (QED) is 0.215. The number of hydrogen-bond donors (Lipinski definition) is 0. The Bertz CT molecular complexity index is 1800. The van der Waals surface area contributed by atoms with E-state index in [1.54, 1.807) is 18.2 Å². The van der Waals surface area contributed by atoms with E-state index >= 15 is 0 Å². The fourth-order valence-electron chi connectivity index (χ4n) is 5.55. The van der Waals surface area contributed by atoms with Crippen LogP contribution >= 0.6 is 0 Å². The standard InChI is InChI=1S/C36H24N2O2/c39-35-32-18-10-17-31-30(23-24-33(34(31)32)36(40)38(35)28-15-8-3-9-16-28)25-19-21-29(22-20-25)37(26-11-4-1-5-12-26)27-13-6-2-7-14-27/h1-24H. The third kappa shape index (κ3) is 3.86. The molecule has 1 heterocycles. The van der Waals surface area contributed by atoms with Crippen molar-refractivity contribution in [2.75, 3.05) is 9.80 Å². The van der Waals surface area contributed by atoms with E-state index in [-0.39, 0.29) is 11.8 Å². The molecule has 4 heteroatoms. The van der Waals surface area contributed by atoms with Crippen LogP contribution < -0.4 is 9.80 Å². The molecule has 0 saturated heterocycles. The number of imide groups is 1. The highest BCUT2D eigenvalue weighted by molar-refractivity contribution is 6.36. The van der Waals surface area contributed by atoms with Gasteiger partial charge in [0.25, 0.3) is 11.8 Å². The second-order valence-corrected chi connectivity index (χ2v) is 9.72. The first kappa shape index (κ1) is 23.6. The normalized spacial score (nSPS) is 12.6. The average Bonchev–Trinajstić information content (AvgIpc) is 3.02. The minimum atomic E-state index is -0.303. The number of amides is 2. The van der Waals surface area contributed by atoms with Crippen LogP contribution in [0.15, 0.2) is 146 Å². The largest absolute Gasteiger partial charge is 0.311 e. The van der Waals surface area contributed by atoms with Gasteiger partial charge in [0.15, 0.2) is 0 Å². The topological polar surface area (TPSA) is 40.6 Å². The van der Waals surface area contributed by atoms with Crippen molar-refractivity contribution in [2.45, 2.75) is 0 Å². The van der Waals surface area contributed by atoms with Crippen LogP contribution in [0.2, 0.25) is 0 Å². The first-order valence-corrected chi connectivity index (χ1v) is 13.2. The Balaban J connectivity index is 1.31. The van der Waals surface area contributed by atoms with Gasteiger partial charge in [-0.05, 0) is 77.2 Å². The summed E-state index contributed by atoms with van der Waals surface area (Å²) in [5.74, 6) is -0.605. The van der Waals surface area contributed by atoms with Gasteiger partial charge in [-0.2, -0.15) is 0 Å². The Labute approximate surface area is 232 Å². The van der Waals surface area contributed by atoms with Gasteiger partial charge < -0.3 is 4.90 Å². The van der Waals surface area contributed by atoms with Gasteiger partial charge in [-0.25, -0.2) is 4.90 Å². The molecule has 6 aromatic rings. The van der Waals surface area contributed by atoms with Gasteiger partial charge in [0.2, 0.25) is 0 Å². The molecule has 0 spiro atoms. The molecule has 40 heavy (non-hydrogen) atoms. The average molecular weight is 517 g/mol. The van der Waals surface area contributed by atoms with Crippen molar-refractivity contribution in [3.8, 4) is 11.1 Å². The predicted octanol–water partition coefficient (Wildman–Crippen LogP) is 8.78. The first-order chi connectivity index (χ1) is 19.7. The summed E-state index contributed by atoms with van der Waals surface area (Å²) in [6.45, 7) is 0. The third-order valence-electron chi connectivity index (χ3n) is 7.39. The molecule has 6 aromatic carbocycles. The second kappa shape index (κ2) is 9.68. The lowest BCUT2D eigenvalue weighted by atomic mass is 9.89. The Morgan fingerprint density at radius 2 is 0.925 bits per heavy atom. The fraction of sp³-hybridized carbons (Fsp3) is 0. The summed E-state index contributed by atoms with van der Waals surface area (Å²) in [7, 11) is 0. The van der Waals surface area contributed by atoms with Crippen LogP contribution in [0.4, 0.5) is 22.7 Å². The minimum absolute atomic E-state index is 0.303. The molecule has 0 fully saturated rings. The maximum Gasteiger partial charge on any atom is 0.265 e. The molecule has 0 atom stereocenters. The summed E-state index contributed by atoms with van der Waals surface area (Å²) in [6, 6.07) is 47.6. The van der Waals surface area contributed by atoms with Crippen molar-refractivity contribution in [2.24, 2.45) is 0 Å². The van der Waals surface area contributed by atoms with E-state index in [1.807, 2.05) is 78.9 Å². The van der Waals surface area contributed by atoms with Crippen molar-refractivity contribution in [1.29, 1.82) is 0 Å². The molecule has 190 valence electrons. The van der Waals surface area contributed by atoms with Crippen LogP contribution in [0.1, 0.15) is 20.7 Å². The zero-order valence-electron chi connectivity index (χ0n) is 21.6. The lowest BCUT2D eigenvalue weighted by Crippen LogP contribution is -2.40. The second-order valence-electron chi connectivity index (χ2n) is 9.72. The SMILES string of the molecule is O=C1c2cccc3c(-c4ccc(N(c5ccccc5)c5ccccc5)cc4)ccc(c23)C(=O)N1c1ccccc1. The first-order valence-electron chi connectivity index (χ1n) is 13.2. The number of carbonyl (C=O) groups excluding carboxylic acids is 2. The van der Waals surface area contributed by atoms with Crippen molar-refractivity contribution in [1.82, 2.24) is 0 Å². The zero-order chi connectivity index (χ0) is 27.1. The number of para-hydroxylation sites is 3. The predicted molar refractivity (Wildman–Crippen MR) is 162 cm³/mol. The Morgan fingerprint density at radius 3 is 1.52 bits per heavy atom. The van der Waals surface area contributed by atoms with Crippen molar-refractivity contribution in [3.05, 3.63) is 157 Å². The molecule has 0 saturated carbocycles. The van der Waals surface area contributed by atoms with E-state index in [4.69, 9.17) is 0 Å². The van der Waals surface area contributed by atoms with Gasteiger partial charge in [-0.1, -0.05) is 84.9 Å². The van der Waals surface area contributed by atoms with Crippen LogP contribution in [-0.4, -0.2) is 11.8 Å². The lowest BCUT2D eigenvalue weighted by molar-refractivity contribution is 0.0893. The summed E-state index contributed by atoms with van der Waals surface area (Å²) >= 11 is 0. The molecule has 0 unspecified atom stereocenters. The lowest BCUT2D eigenvalue weighted by Gasteiger charge is -2.28. The molecule has 0 N–H and O–H groups in total. The fourth-order valence-corrected chi connectivity index (χ4v) is 5.55. The highest BCUT2D eigenvalue weighted by atomic mass is 16.2. The smallest absolute Gasteiger partial charge is 0.265 e. The Morgan fingerprint density at radius 1 is 0.425 bits per heavy atom. The van der Waals surface area contributed by atoms with E-state index in [9.17, 15) is 9.59 Å². The molecule has 0 aromatic heterocycles. The summed E-state index contributed by atoms with van der Waals surface area (Å²) in [6.07, 6.45) is 0. The van der Waals surface area contributed by atoms with Crippen LogP contribution in [0, 0.1) is 0 Å². The summed E-state index contributed by atoms with van der Waals surface area (Å²) in [4.78, 5) is 30.6. The molecular formula is C36H24N2O2. The van der Waals surface area contributed by atoms with E-state index < -0.39 is 0 Å². The van der Waals surface area contributed by atoms with Gasteiger partial charge >= 0.3 is 0 Å². The molecule has 7 rings (SSSR count). The molecule has 0 bridgehead atoms. The molecule has 0 aliphatic carbocycles. The van der Waals surface area contributed by atoms with Crippen molar-refractivity contribution in [3.63, 3.8) is 0 Å². The Hall–Kier alpha value is -5.48. The summed E-state index contributed by atoms with van der Waals surface area (Å²) in [5, 5.41) is 1.60. The number of carbonyl (C=O) groups is 2. The van der Waals surface area contributed by atoms with E-state index in [2.05, 4.69) is 53.4 Å². The minimum Gasteiger partial charge on any atom is -0.311 e. The van der Waals surface area contributed by atoms with Gasteiger partial charge in [0.05, 0.1) is 5.69 Å². The van der Waals surface area contributed by atoms with Crippen LogP contribution in [0.5, 0.6) is 0 Å². The third-order valence-corrected chi connectivity index (χ3v) is 7.39. The van der Waals surface area contributed by atoms with Crippen LogP contribution in [0.25, 0.3) is 21.9 Å². The van der Waals surface area contributed by atoms with Gasteiger partial charge in [0.1, 0.15) is 0 Å². The van der Waals surface area contributed by atoms with Gasteiger partial charge in [-0.3, -0.25) is 9.59 Å². The van der Waals surface area contributed by atoms with Gasteiger partial charge in [-0.15, -0.1) is 0 Å². The number of hydrogen-bond acceptors (Lipinski definition) is 3. The highest BCUT2D eigenvalue weighted by Crippen LogP contribution is 2.39. The molecule has 2 amide bonds. The van der Waals surface area contributed by atoms with E-state index in [0.717, 1.165) is 33.6 Å². The summed E-state index contributed by atoms with van der Waals surface area (Å²) < 4.78 is 0. The monoisotopic (exact) mass is 516 g/mol. The molecule has 1 aliphatic heterocycles. The summed E-state index contributed by atoms with van der Waals surface area (Å²) in [5.41, 5.74) is 6.81. The van der Waals surface area contributed by atoms with Crippen LogP contribution in [-0.2, 0) is 0 Å². The molecule has 4 nitrogen and oxygen atoms in total. The number of benzene rings is 6. The van der Waals surface area contributed by atoms with Crippen LogP contribution in [0.3, 0.4) is 0 Å². The highest BCUT2D eigenvalue weighted by Gasteiger charge is 2.34. The van der Waals surface area contributed by atoms with Crippen molar-refractivity contribution < 1.29 is 9.59 Å². The van der Waals surface area contributed by atoms with E-state index in [1.165, 1.54) is 4.90 Å². The maximum absolute atomic E-state index is 13.6. The molecular weight excluding hydrogens is 492 g/mol. The molecule has 0 radical (unpaired) electrons. The number of nitrogens with zero attached hydrogens (tertiary/aromatic N) is 2. The van der Waals surface area contributed by atoms with E-state index in [0.29, 0.717) is 22.2 Å². The number of anilines is 4.